The lowest BCUT2D eigenvalue weighted by Crippen LogP contribution is -2.50. The summed E-state index contributed by atoms with van der Waals surface area (Å²) in [5, 5.41) is 6.57. The van der Waals surface area contributed by atoms with E-state index in [1.807, 2.05) is 37.3 Å². The van der Waals surface area contributed by atoms with E-state index in [-0.39, 0.29) is 17.4 Å². The summed E-state index contributed by atoms with van der Waals surface area (Å²) in [5.41, 5.74) is 3.15. The first-order valence-electron chi connectivity index (χ1n) is 10.1. The van der Waals surface area contributed by atoms with Crippen molar-refractivity contribution in [1.82, 2.24) is 20.2 Å². The lowest BCUT2D eigenvalue weighted by Gasteiger charge is -2.31. The van der Waals surface area contributed by atoms with Gasteiger partial charge in [0.15, 0.2) is 5.69 Å². The van der Waals surface area contributed by atoms with E-state index >= 15 is 0 Å². The molecule has 2 aliphatic heterocycles. The molecule has 29 heavy (non-hydrogen) atoms. The maximum atomic E-state index is 13.3. The number of hydrogen-bond donors (Lipinski definition) is 2. The zero-order chi connectivity index (χ0) is 20.6. The van der Waals surface area contributed by atoms with Crippen LogP contribution in [0.3, 0.4) is 0 Å². The highest BCUT2D eigenvalue weighted by Crippen LogP contribution is 2.26. The zero-order valence-corrected chi connectivity index (χ0v) is 17.5. The quantitative estimate of drug-likeness (QED) is 0.839. The highest BCUT2D eigenvalue weighted by Gasteiger charge is 2.34. The number of benzene rings is 1. The first-order valence-corrected chi connectivity index (χ1v) is 10.1. The van der Waals surface area contributed by atoms with Gasteiger partial charge < -0.3 is 15.2 Å². The fourth-order valence-corrected chi connectivity index (χ4v) is 3.92. The average molecular weight is 393 g/mol. The Morgan fingerprint density at radius 2 is 2.00 bits per heavy atom. The topological polar surface area (TPSA) is 83.7 Å². The van der Waals surface area contributed by atoms with Crippen molar-refractivity contribution in [2.75, 3.05) is 13.1 Å². The van der Waals surface area contributed by atoms with E-state index in [9.17, 15) is 4.79 Å². The standard InChI is InChI=1S/C22H28N6O/c1-14-24-12-16(25-14)19(22(2,3)4)27-21(29)18-17-13-23-10-11-28(17)20(26-18)15-8-6-5-7-9-15/h5-9,19,23H,10-13H2,1-4H3,(H,27,29)/t19-/m1/s1. The first-order chi connectivity index (χ1) is 13.8. The molecule has 2 aromatic rings. The molecule has 0 spiro atoms. The molecule has 1 aromatic carbocycles. The maximum absolute atomic E-state index is 13.3. The van der Waals surface area contributed by atoms with E-state index in [1.165, 1.54) is 0 Å². The molecule has 7 heteroatoms. The van der Waals surface area contributed by atoms with E-state index in [0.29, 0.717) is 18.8 Å². The van der Waals surface area contributed by atoms with Crippen LogP contribution in [0.25, 0.3) is 11.4 Å². The van der Waals surface area contributed by atoms with E-state index < -0.39 is 0 Å². The smallest absolute Gasteiger partial charge is 0.272 e. The largest absolute Gasteiger partial charge is 0.342 e. The van der Waals surface area contributed by atoms with Crippen LogP contribution in [0.5, 0.6) is 0 Å². The Hall–Kier alpha value is -2.80. The van der Waals surface area contributed by atoms with Crippen LogP contribution in [-0.2, 0) is 13.1 Å². The van der Waals surface area contributed by atoms with Crippen molar-refractivity contribution in [3.8, 4) is 11.4 Å². The second-order valence-corrected chi connectivity index (χ2v) is 8.66. The third-order valence-electron chi connectivity index (χ3n) is 5.37. The van der Waals surface area contributed by atoms with E-state index in [4.69, 9.17) is 4.98 Å². The Bertz CT molecular complexity index is 981. The molecule has 0 bridgehead atoms. The van der Waals surface area contributed by atoms with Gasteiger partial charge in [-0.05, 0) is 12.3 Å². The molecule has 0 unspecified atom stereocenters. The molecule has 3 heterocycles. The molecule has 1 aromatic heterocycles. The monoisotopic (exact) mass is 392 g/mol. The van der Waals surface area contributed by atoms with Crippen LogP contribution in [0.1, 0.15) is 43.9 Å². The highest BCUT2D eigenvalue weighted by atomic mass is 16.2. The number of aromatic nitrogens is 2. The molecule has 0 radical (unpaired) electrons. The van der Waals surface area contributed by atoms with Gasteiger partial charge >= 0.3 is 0 Å². The van der Waals surface area contributed by atoms with Crippen LogP contribution >= 0.6 is 0 Å². The molecular weight excluding hydrogens is 364 g/mol. The highest BCUT2D eigenvalue weighted by molar-refractivity contribution is 6.08. The number of carbonyl (C=O) groups is 1. The predicted octanol–water partition coefficient (Wildman–Crippen LogP) is 2.67. The molecule has 0 fully saturated rings. The molecule has 1 amide bonds. The molecule has 4 rings (SSSR count). The van der Waals surface area contributed by atoms with Crippen LogP contribution in [-0.4, -0.2) is 46.1 Å². The van der Waals surface area contributed by atoms with Crippen molar-refractivity contribution < 1.29 is 4.79 Å². The van der Waals surface area contributed by atoms with Gasteiger partial charge in [0.25, 0.3) is 5.91 Å². The van der Waals surface area contributed by atoms with Crippen LogP contribution in [0.2, 0.25) is 0 Å². The van der Waals surface area contributed by atoms with E-state index in [2.05, 4.69) is 46.0 Å². The number of fused-ring (bicyclic) bond motifs is 1. The second-order valence-electron chi connectivity index (χ2n) is 8.66. The summed E-state index contributed by atoms with van der Waals surface area (Å²) in [6, 6.07) is 9.83. The maximum Gasteiger partial charge on any atom is 0.272 e. The number of rotatable bonds is 4. The summed E-state index contributed by atoms with van der Waals surface area (Å²) in [6.07, 6.45) is 0. The normalized spacial score (nSPS) is 17.4. The van der Waals surface area contributed by atoms with Crippen molar-refractivity contribution in [3.63, 3.8) is 0 Å². The minimum atomic E-state index is -0.203. The number of hydrogen-bond acceptors (Lipinski definition) is 5. The fraction of sp³-hybridized carbons (Fsp3) is 0.455. The summed E-state index contributed by atoms with van der Waals surface area (Å²) in [5.74, 6) is 1.45. The molecule has 0 aliphatic carbocycles. The lowest BCUT2D eigenvalue weighted by atomic mass is 9.83. The summed E-state index contributed by atoms with van der Waals surface area (Å²) in [4.78, 5) is 27.1. The Balaban J connectivity index is 1.68. The first kappa shape index (κ1) is 19.5. The van der Waals surface area contributed by atoms with Crippen LogP contribution < -0.4 is 10.6 Å². The zero-order valence-electron chi connectivity index (χ0n) is 17.5. The third kappa shape index (κ3) is 3.87. The van der Waals surface area contributed by atoms with Gasteiger partial charge in [-0.15, -0.1) is 0 Å². The predicted molar refractivity (Wildman–Crippen MR) is 115 cm³/mol. The minimum absolute atomic E-state index is 0.160. The van der Waals surface area contributed by atoms with Crippen LogP contribution in [0, 0.1) is 5.41 Å². The summed E-state index contributed by atoms with van der Waals surface area (Å²) in [7, 11) is 0. The van der Waals surface area contributed by atoms with Crippen molar-refractivity contribution >= 4 is 17.5 Å². The fourth-order valence-electron chi connectivity index (χ4n) is 3.92. The molecule has 2 N–H and O–H groups in total. The number of nitrogens with one attached hydrogen (secondary N) is 2. The van der Waals surface area contributed by atoms with Gasteiger partial charge in [-0.1, -0.05) is 51.1 Å². The summed E-state index contributed by atoms with van der Waals surface area (Å²) >= 11 is 0. The molecule has 152 valence electrons. The van der Waals surface area contributed by atoms with Gasteiger partial charge in [-0.2, -0.15) is 0 Å². The molecular formula is C22H28N6O. The van der Waals surface area contributed by atoms with Gasteiger partial charge in [0.1, 0.15) is 11.7 Å². The minimum Gasteiger partial charge on any atom is -0.342 e. The number of carbonyl (C=O) groups excluding carboxylic acids is 1. The van der Waals surface area contributed by atoms with Crippen molar-refractivity contribution in [1.29, 1.82) is 0 Å². The van der Waals surface area contributed by atoms with Crippen LogP contribution in [0.4, 0.5) is 0 Å². The second kappa shape index (κ2) is 7.55. The SMILES string of the molecule is CC1=NCC([C@@H](NC(=O)c2nc(-c3ccccc3)n3c2CNCC3)C(C)(C)C)=N1. The van der Waals surface area contributed by atoms with Crippen molar-refractivity contribution in [2.45, 2.75) is 46.8 Å². The third-order valence-corrected chi connectivity index (χ3v) is 5.37. The molecule has 0 saturated carbocycles. The van der Waals surface area contributed by atoms with E-state index in [0.717, 1.165) is 41.7 Å². The molecule has 7 nitrogen and oxygen atoms in total. The Labute approximate surface area is 171 Å². The number of imidazole rings is 1. The lowest BCUT2D eigenvalue weighted by molar-refractivity contribution is 0.0919. The average Bonchev–Trinajstić information content (AvgIpc) is 3.29. The van der Waals surface area contributed by atoms with Crippen molar-refractivity contribution in [2.24, 2.45) is 15.4 Å². The van der Waals surface area contributed by atoms with Gasteiger partial charge in [-0.3, -0.25) is 9.79 Å². The summed E-state index contributed by atoms with van der Waals surface area (Å²) in [6.45, 7) is 11.0. The number of amides is 1. The molecule has 2 aliphatic rings. The molecule has 0 saturated heterocycles. The summed E-state index contributed by atoms with van der Waals surface area (Å²) < 4.78 is 2.16. The van der Waals surface area contributed by atoms with Gasteiger partial charge in [0.2, 0.25) is 0 Å². The van der Waals surface area contributed by atoms with Crippen molar-refractivity contribution in [3.05, 3.63) is 41.7 Å². The van der Waals surface area contributed by atoms with E-state index in [1.54, 1.807) is 0 Å². The van der Waals surface area contributed by atoms with Gasteiger partial charge in [-0.25, -0.2) is 9.98 Å². The van der Waals surface area contributed by atoms with Crippen LogP contribution in [0.15, 0.2) is 40.3 Å². The number of aliphatic imine (C=N–C) groups is 2. The van der Waals surface area contributed by atoms with Gasteiger partial charge in [0, 0.05) is 25.2 Å². The number of amidine groups is 1. The number of nitrogens with zero attached hydrogens (tertiary/aromatic N) is 4. The van der Waals surface area contributed by atoms with Gasteiger partial charge in [0.05, 0.1) is 24.0 Å². The molecule has 1 atom stereocenters. The Kier molecular flexibility index (Phi) is 5.08. The Morgan fingerprint density at radius 3 is 2.66 bits per heavy atom. The Morgan fingerprint density at radius 1 is 1.24 bits per heavy atom.